The van der Waals surface area contributed by atoms with Crippen LogP contribution in [0.1, 0.15) is 5.56 Å². The van der Waals surface area contributed by atoms with E-state index in [2.05, 4.69) is 5.16 Å². The maximum Gasteiger partial charge on any atom is 0.230 e. The second kappa shape index (κ2) is 5.42. The molecule has 0 fully saturated rings. The Balaban J connectivity index is 2.24. The summed E-state index contributed by atoms with van der Waals surface area (Å²) in [6.07, 6.45) is 0. The SMILES string of the molecule is COc1ccc(C)cc1-c1c(-c2ccc(Cl)s2)noc1N. The van der Waals surface area contributed by atoms with Crippen LogP contribution in [0.4, 0.5) is 5.88 Å². The standard InChI is InChI=1S/C15H13ClN2O2S/c1-8-3-4-10(19-2)9(7-8)13-14(18-20-15(13)17)11-5-6-12(16)21-11/h3-7H,17H2,1-2H3. The normalized spacial score (nSPS) is 10.8. The third-order valence-corrected chi connectivity index (χ3v) is 4.39. The summed E-state index contributed by atoms with van der Waals surface area (Å²) in [5, 5.41) is 4.08. The van der Waals surface area contributed by atoms with Crippen LogP contribution in [0.15, 0.2) is 34.9 Å². The van der Waals surface area contributed by atoms with E-state index in [1.54, 1.807) is 7.11 Å². The highest BCUT2D eigenvalue weighted by atomic mass is 35.5. The molecule has 0 amide bonds. The average molecular weight is 321 g/mol. The predicted octanol–water partition coefficient (Wildman–Crippen LogP) is 4.62. The largest absolute Gasteiger partial charge is 0.496 e. The van der Waals surface area contributed by atoms with Crippen LogP contribution in [-0.4, -0.2) is 12.3 Å². The molecule has 0 atom stereocenters. The topological polar surface area (TPSA) is 61.3 Å². The molecule has 1 aromatic carbocycles. The van der Waals surface area contributed by atoms with Gasteiger partial charge in [0.25, 0.3) is 0 Å². The second-order valence-corrected chi connectivity index (χ2v) is 6.29. The Kier molecular flexibility index (Phi) is 3.61. The molecule has 0 bridgehead atoms. The molecule has 3 aromatic rings. The Hall–Kier alpha value is -1.98. The van der Waals surface area contributed by atoms with Gasteiger partial charge in [-0.1, -0.05) is 28.4 Å². The Morgan fingerprint density at radius 3 is 2.76 bits per heavy atom. The number of thiophene rings is 1. The van der Waals surface area contributed by atoms with Crippen molar-refractivity contribution in [3.63, 3.8) is 0 Å². The first-order valence-corrected chi connectivity index (χ1v) is 7.45. The minimum Gasteiger partial charge on any atom is -0.496 e. The van der Waals surface area contributed by atoms with Crippen molar-refractivity contribution >= 4 is 28.8 Å². The van der Waals surface area contributed by atoms with Crippen molar-refractivity contribution in [2.45, 2.75) is 6.92 Å². The lowest BCUT2D eigenvalue weighted by molar-refractivity contribution is 0.416. The fourth-order valence-corrected chi connectivity index (χ4v) is 3.22. The van der Waals surface area contributed by atoms with Crippen LogP contribution >= 0.6 is 22.9 Å². The van der Waals surface area contributed by atoms with Crippen molar-refractivity contribution in [3.8, 4) is 27.4 Å². The smallest absolute Gasteiger partial charge is 0.230 e. The summed E-state index contributed by atoms with van der Waals surface area (Å²) in [6.45, 7) is 2.01. The molecule has 21 heavy (non-hydrogen) atoms. The number of benzene rings is 1. The molecule has 0 saturated heterocycles. The number of nitrogens with zero attached hydrogens (tertiary/aromatic N) is 1. The number of aryl methyl sites for hydroxylation is 1. The molecule has 4 nitrogen and oxygen atoms in total. The number of nitrogens with two attached hydrogens (primary N) is 1. The molecule has 0 saturated carbocycles. The van der Waals surface area contributed by atoms with Gasteiger partial charge in [0.05, 0.1) is 21.9 Å². The van der Waals surface area contributed by atoms with Gasteiger partial charge in [-0.15, -0.1) is 11.3 Å². The van der Waals surface area contributed by atoms with Gasteiger partial charge in [-0.2, -0.15) is 0 Å². The molecule has 108 valence electrons. The Bertz CT molecular complexity index is 795. The van der Waals surface area contributed by atoms with E-state index in [1.807, 2.05) is 37.3 Å². The summed E-state index contributed by atoms with van der Waals surface area (Å²) in [7, 11) is 1.62. The van der Waals surface area contributed by atoms with E-state index in [9.17, 15) is 0 Å². The van der Waals surface area contributed by atoms with Crippen LogP contribution in [0.3, 0.4) is 0 Å². The molecule has 0 spiro atoms. The molecule has 2 N–H and O–H groups in total. The Morgan fingerprint density at radius 1 is 1.29 bits per heavy atom. The third-order valence-electron chi connectivity index (χ3n) is 3.15. The van der Waals surface area contributed by atoms with E-state index in [-0.39, 0.29) is 5.88 Å². The van der Waals surface area contributed by atoms with E-state index >= 15 is 0 Å². The molecular formula is C15H13ClN2O2S. The summed E-state index contributed by atoms with van der Waals surface area (Å²) in [5.41, 5.74) is 9.34. The molecule has 0 radical (unpaired) electrons. The van der Waals surface area contributed by atoms with E-state index in [0.717, 1.165) is 27.3 Å². The van der Waals surface area contributed by atoms with Crippen molar-refractivity contribution < 1.29 is 9.26 Å². The van der Waals surface area contributed by atoms with Gasteiger partial charge in [0, 0.05) is 5.56 Å². The quantitative estimate of drug-likeness (QED) is 0.764. The summed E-state index contributed by atoms with van der Waals surface area (Å²) in [4.78, 5) is 0.902. The molecule has 2 aromatic heterocycles. The number of hydrogen-bond donors (Lipinski definition) is 1. The summed E-state index contributed by atoms with van der Waals surface area (Å²) in [5.74, 6) is 0.984. The van der Waals surface area contributed by atoms with E-state index in [1.165, 1.54) is 11.3 Å². The third kappa shape index (κ3) is 2.50. The maximum atomic E-state index is 6.00. The Morgan fingerprint density at radius 2 is 2.10 bits per heavy atom. The van der Waals surface area contributed by atoms with Gasteiger partial charge >= 0.3 is 0 Å². The minimum absolute atomic E-state index is 0.262. The zero-order valence-electron chi connectivity index (χ0n) is 11.5. The van der Waals surface area contributed by atoms with Gasteiger partial charge in [0.15, 0.2) is 0 Å². The molecule has 3 rings (SSSR count). The summed E-state index contributed by atoms with van der Waals surface area (Å²) in [6, 6.07) is 9.61. The van der Waals surface area contributed by atoms with E-state index in [0.29, 0.717) is 10.0 Å². The van der Waals surface area contributed by atoms with Gasteiger partial charge in [-0.25, -0.2) is 0 Å². The van der Waals surface area contributed by atoms with Crippen LogP contribution in [0.25, 0.3) is 21.7 Å². The van der Waals surface area contributed by atoms with Crippen molar-refractivity contribution in [1.82, 2.24) is 5.16 Å². The van der Waals surface area contributed by atoms with Crippen LogP contribution < -0.4 is 10.5 Å². The molecular weight excluding hydrogens is 308 g/mol. The number of methoxy groups -OCH3 is 1. The summed E-state index contributed by atoms with van der Waals surface area (Å²) >= 11 is 7.43. The van der Waals surface area contributed by atoms with Gasteiger partial charge in [-0.3, -0.25) is 0 Å². The molecule has 2 heterocycles. The van der Waals surface area contributed by atoms with Crippen LogP contribution in [-0.2, 0) is 0 Å². The first-order valence-electron chi connectivity index (χ1n) is 6.26. The maximum absolute atomic E-state index is 6.00. The van der Waals surface area contributed by atoms with Crippen molar-refractivity contribution in [2.75, 3.05) is 12.8 Å². The number of anilines is 1. The van der Waals surface area contributed by atoms with Gasteiger partial charge in [0.2, 0.25) is 5.88 Å². The van der Waals surface area contributed by atoms with Crippen LogP contribution in [0.5, 0.6) is 5.75 Å². The molecule has 0 aliphatic heterocycles. The lowest BCUT2D eigenvalue weighted by Crippen LogP contribution is -1.92. The molecule has 0 aliphatic carbocycles. The average Bonchev–Trinajstić information content (AvgIpc) is 3.04. The number of nitrogen functional groups attached to an aromatic ring is 1. The van der Waals surface area contributed by atoms with Crippen LogP contribution in [0, 0.1) is 6.92 Å². The lowest BCUT2D eigenvalue weighted by Gasteiger charge is -2.09. The molecule has 0 unspecified atom stereocenters. The molecule has 6 heteroatoms. The Labute approximate surface area is 131 Å². The van der Waals surface area contributed by atoms with Gasteiger partial charge in [-0.05, 0) is 31.2 Å². The van der Waals surface area contributed by atoms with E-state index < -0.39 is 0 Å². The fourth-order valence-electron chi connectivity index (χ4n) is 2.19. The number of hydrogen-bond acceptors (Lipinski definition) is 5. The van der Waals surface area contributed by atoms with E-state index in [4.69, 9.17) is 26.6 Å². The van der Waals surface area contributed by atoms with Gasteiger partial charge in [0.1, 0.15) is 11.4 Å². The minimum atomic E-state index is 0.262. The highest BCUT2D eigenvalue weighted by Gasteiger charge is 2.21. The summed E-state index contributed by atoms with van der Waals surface area (Å²) < 4.78 is 11.3. The highest BCUT2D eigenvalue weighted by Crippen LogP contribution is 2.43. The van der Waals surface area contributed by atoms with Crippen molar-refractivity contribution in [3.05, 3.63) is 40.2 Å². The first kappa shape index (κ1) is 14.0. The highest BCUT2D eigenvalue weighted by molar-refractivity contribution is 7.19. The van der Waals surface area contributed by atoms with Gasteiger partial charge < -0.3 is 15.0 Å². The zero-order chi connectivity index (χ0) is 15.0. The second-order valence-electron chi connectivity index (χ2n) is 4.58. The lowest BCUT2D eigenvalue weighted by atomic mass is 10.0. The number of rotatable bonds is 3. The predicted molar refractivity (Wildman–Crippen MR) is 86.0 cm³/mol. The molecule has 0 aliphatic rings. The monoisotopic (exact) mass is 320 g/mol. The first-order chi connectivity index (χ1) is 10.1. The number of ether oxygens (including phenoxy) is 1. The van der Waals surface area contributed by atoms with Crippen molar-refractivity contribution in [1.29, 1.82) is 0 Å². The van der Waals surface area contributed by atoms with Crippen molar-refractivity contribution in [2.24, 2.45) is 0 Å². The number of aromatic nitrogens is 1. The zero-order valence-corrected chi connectivity index (χ0v) is 13.1. The fraction of sp³-hybridized carbons (Fsp3) is 0.133. The van der Waals surface area contributed by atoms with Crippen LogP contribution in [0.2, 0.25) is 4.34 Å². The number of halogens is 1.